The van der Waals surface area contributed by atoms with Crippen molar-refractivity contribution in [3.8, 4) is 5.19 Å². The van der Waals surface area contributed by atoms with Gasteiger partial charge in [0, 0.05) is 36.6 Å². The second-order valence-corrected chi connectivity index (χ2v) is 10.4. The molecule has 1 aliphatic carbocycles. The summed E-state index contributed by atoms with van der Waals surface area (Å²) in [6.07, 6.45) is 0.0874. The van der Waals surface area contributed by atoms with Crippen molar-refractivity contribution in [1.29, 1.82) is 0 Å². The predicted octanol–water partition coefficient (Wildman–Crippen LogP) is 5.20. The van der Waals surface area contributed by atoms with E-state index in [1.807, 2.05) is 0 Å². The fraction of sp³-hybridized carbons (Fsp3) is 0.625. The summed E-state index contributed by atoms with van der Waals surface area (Å²) in [4.78, 5) is 23.8. The van der Waals surface area contributed by atoms with Crippen molar-refractivity contribution in [2.45, 2.75) is 63.6 Å². The molecule has 4 rings (SSSR count). The van der Waals surface area contributed by atoms with Crippen molar-refractivity contribution in [2.75, 3.05) is 26.2 Å². The van der Waals surface area contributed by atoms with Gasteiger partial charge in [-0.2, -0.15) is 13.2 Å². The van der Waals surface area contributed by atoms with Crippen molar-refractivity contribution in [1.82, 2.24) is 20.2 Å². The van der Waals surface area contributed by atoms with E-state index in [2.05, 4.69) is 20.2 Å². The Labute approximate surface area is 210 Å². The Bertz CT molecular complexity index is 999. The van der Waals surface area contributed by atoms with Gasteiger partial charge < -0.3 is 15.0 Å². The number of hydrogen-bond donors (Lipinski definition) is 1. The first-order chi connectivity index (χ1) is 17.2. The molecule has 2 aliphatic rings. The lowest BCUT2D eigenvalue weighted by Crippen LogP contribution is -2.38. The Hall–Kier alpha value is -2.34. The number of fused-ring (bicyclic) bond motifs is 1. The summed E-state index contributed by atoms with van der Waals surface area (Å²) in [5.41, 5.74) is 0.271. The van der Waals surface area contributed by atoms with Crippen LogP contribution in [0.5, 0.6) is 5.19 Å². The van der Waals surface area contributed by atoms with Gasteiger partial charge in [0.1, 0.15) is 5.69 Å². The number of carbonyl (C=O) groups is 1. The normalized spacial score (nSPS) is 21.2. The van der Waals surface area contributed by atoms with Gasteiger partial charge in [0.25, 0.3) is 17.5 Å². The third-order valence-corrected chi connectivity index (χ3v) is 7.83. The number of amides is 1. The van der Waals surface area contributed by atoms with Gasteiger partial charge in [-0.3, -0.25) is 9.78 Å². The van der Waals surface area contributed by atoms with Gasteiger partial charge >= 0.3 is 6.18 Å². The van der Waals surface area contributed by atoms with Crippen molar-refractivity contribution >= 4 is 17.2 Å². The van der Waals surface area contributed by atoms with Crippen LogP contribution in [0.25, 0.3) is 0 Å². The number of pyridine rings is 1. The Morgan fingerprint density at radius 3 is 2.67 bits per heavy atom. The first kappa shape index (κ1) is 26.7. The van der Waals surface area contributed by atoms with E-state index in [0.717, 1.165) is 68.7 Å². The first-order valence-corrected chi connectivity index (χ1v) is 12.9. The second kappa shape index (κ2) is 11.8. The van der Waals surface area contributed by atoms with Crippen molar-refractivity contribution in [2.24, 2.45) is 5.92 Å². The quantitative estimate of drug-likeness (QED) is 0.474. The monoisotopic (exact) mass is 532 g/mol. The van der Waals surface area contributed by atoms with Gasteiger partial charge in [0.2, 0.25) is 0 Å². The van der Waals surface area contributed by atoms with E-state index in [-0.39, 0.29) is 16.8 Å². The van der Waals surface area contributed by atoms with Gasteiger partial charge in [0.15, 0.2) is 6.61 Å². The summed E-state index contributed by atoms with van der Waals surface area (Å²) < 4.78 is 68.2. The van der Waals surface area contributed by atoms with Gasteiger partial charge in [-0.1, -0.05) is 11.3 Å². The molecule has 0 saturated heterocycles. The summed E-state index contributed by atoms with van der Waals surface area (Å²) in [5, 5.41) is 2.98. The van der Waals surface area contributed by atoms with Crippen molar-refractivity contribution in [3.05, 3.63) is 40.2 Å². The number of thiazole rings is 1. The average Bonchev–Trinajstić information content (AvgIpc) is 3.15. The highest BCUT2D eigenvalue weighted by molar-refractivity contribution is 7.13. The maximum Gasteiger partial charge on any atom is 0.422 e. The molecular weight excluding hydrogens is 503 g/mol. The van der Waals surface area contributed by atoms with Crippen LogP contribution >= 0.6 is 11.3 Å². The number of aromatic nitrogens is 2. The molecule has 3 heterocycles. The Morgan fingerprint density at radius 1 is 1.19 bits per heavy atom. The molecule has 0 aromatic carbocycles. The Morgan fingerprint density at radius 2 is 1.94 bits per heavy atom. The minimum Gasteiger partial charge on any atom is -0.460 e. The molecule has 1 aliphatic heterocycles. The predicted molar refractivity (Wildman–Crippen MR) is 125 cm³/mol. The highest BCUT2D eigenvalue weighted by Gasteiger charge is 2.30. The summed E-state index contributed by atoms with van der Waals surface area (Å²) in [6, 6.07) is 2.83. The molecule has 1 saturated carbocycles. The van der Waals surface area contributed by atoms with Crippen LogP contribution in [-0.2, 0) is 12.8 Å². The molecule has 0 unspecified atom stereocenters. The van der Waals surface area contributed by atoms with Crippen LogP contribution in [0.2, 0.25) is 0 Å². The molecule has 6 nitrogen and oxygen atoms in total. The molecule has 2 aromatic rings. The fourth-order valence-corrected chi connectivity index (χ4v) is 5.77. The first-order valence-electron chi connectivity index (χ1n) is 12.1. The van der Waals surface area contributed by atoms with E-state index in [1.165, 1.54) is 29.7 Å². The van der Waals surface area contributed by atoms with Crippen LogP contribution in [0, 0.1) is 5.92 Å². The van der Waals surface area contributed by atoms with E-state index in [0.29, 0.717) is 12.3 Å². The zero-order chi connectivity index (χ0) is 25.7. The topological polar surface area (TPSA) is 67.4 Å². The summed E-state index contributed by atoms with van der Waals surface area (Å²) >= 11 is 1.20. The number of rotatable bonds is 8. The SMILES string of the molecule is O=C(N[C@H]1CC[C@H](CCN2CCc3nc(OCC(F)(F)F)sc3CC2)CC1)c1cccnc1C(F)F. The third-order valence-electron chi connectivity index (χ3n) is 6.76. The molecule has 12 heteroatoms. The molecule has 0 spiro atoms. The fourth-order valence-electron chi connectivity index (χ4n) is 4.82. The van der Waals surface area contributed by atoms with Gasteiger partial charge in [0.05, 0.1) is 11.3 Å². The lowest BCUT2D eigenvalue weighted by molar-refractivity contribution is -0.153. The smallest absolute Gasteiger partial charge is 0.422 e. The van der Waals surface area contributed by atoms with Crippen molar-refractivity contribution < 1.29 is 31.5 Å². The number of carbonyl (C=O) groups excluding carboxylic acids is 1. The largest absolute Gasteiger partial charge is 0.460 e. The molecule has 0 bridgehead atoms. The molecule has 198 valence electrons. The van der Waals surface area contributed by atoms with Crippen LogP contribution in [0.15, 0.2) is 18.3 Å². The molecule has 2 aromatic heterocycles. The zero-order valence-corrected chi connectivity index (χ0v) is 20.5. The minimum absolute atomic E-state index is 0.0338. The highest BCUT2D eigenvalue weighted by atomic mass is 32.1. The van der Waals surface area contributed by atoms with E-state index >= 15 is 0 Å². The standard InChI is InChI=1S/C24H29F5N4O2S/c25-21(26)20-17(2-1-10-30-20)22(34)31-16-5-3-15(4-6-16)7-11-33-12-8-18-19(9-13-33)36-23(32-18)35-14-24(27,28)29/h1-2,10,15-16,21H,3-9,11-14H2,(H,31,34)/t15-,16-. The Balaban J connectivity index is 1.17. The van der Waals surface area contributed by atoms with E-state index in [1.54, 1.807) is 0 Å². The number of hydrogen-bond acceptors (Lipinski definition) is 6. The van der Waals surface area contributed by atoms with Crippen LogP contribution in [-0.4, -0.2) is 59.2 Å². The van der Waals surface area contributed by atoms with Gasteiger partial charge in [-0.05, 0) is 63.1 Å². The number of ether oxygens (including phenoxy) is 1. The second-order valence-electron chi connectivity index (χ2n) is 9.31. The van der Waals surface area contributed by atoms with E-state index in [4.69, 9.17) is 4.74 Å². The lowest BCUT2D eigenvalue weighted by atomic mass is 9.84. The lowest BCUT2D eigenvalue weighted by Gasteiger charge is -2.31. The minimum atomic E-state index is -4.37. The molecule has 36 heavy (non-hydrogen) atoms. The van der Waals surface area contributed by atoms with Crippen LogP contribution in [0.1, 0.15) is 65.2 Å². The molecule has 1 N–H and O–H groups in total. The number of alkyl halides is 5. The summed E-state index contributed by atoms with van der Waals surface area (Å²) in [7, 11) is 0. The van der Waals surface area contributed by atoms with Crippen LogP contribution < -0.4 is 10.1 Å². The highest BCUT2D eigenvalue weighted by Crippen LogP contribution is 2.31. The molecular formula is C24H29F5N4O2S. The zero-order valence-electron chi connectivity index (χ0n) is 19.7. The summed E-state index contributed by atoms with van der Waals surface area (Å²) in [5.74, 6) is 0.0328. The van der Waals surface area contributed by atoms with E-state index in [9.17, 15) is 26.7 Å². The molecule has 0 atom stereocenters. The van der Waals surface area contributed by atoms with E-state index < -0.39 is 30.8 Å². The van der Waals surface area contributed by atoms with Crippen LogP contribution in [0.3, 0.4) is 0 Å². The van der Waals surface area contributed by atoms with Gasteiger partial charge in [-0.25, -0.2) is 13.8 Å². The average molecular weight is 533 g/mol. The molecule has 1 amide bonds. The maximum absolute atomic E-state index is 13.1. The summed E-state index contributed by atoms with van der Waals surface area (Å²) in [6.45, 7) is 1.24. The molecule has 0 radical (unpaired) electrons. The maximum atomic E-state index is 13.1. The molecule has 1 fully saturated rings. The number of nitrogens with one attached hydrogen (secondary N) is 1. The number of nitrogens with zero attached hydrogens (tertiary/aromatic N) is 3. The van der Waals surface area contributed by atoms with Crippen LogP contribution in [0.4, 0.5) is 22.0 Å². The third kappa shape index (κ3) is 7.34. The van der Waals surface area contributed by atoms with Crippen molar-refractivity contribution in [3.63, 3.8) is 0 Å². The Kier molecular flexibility index (Phi) is 8.76. The van der Waals surface area contributed by atoms with Gasteiger partial charge in [-0.15, -0.1) is 0 Å². The number of halogens is 5.